The van der Waals surface area contributed by atoms with Crippen molar-refractivity contribution in [3.8, 4) is 51.4 Å². The largest absolute Gasteiger partial charge is 0.481 e. The van der Waals surface area contributed by atoms with Crippen LogP contribution in [-0.2, 0) is 0 Å². The summed E-state index contributed by atoms with van der Waals surface area (Å²) in [6, 6.07) is 44.0. The van der Waals surface area contributed by atoms with Gasteiger partial charge in [-0.1, -0.05) is 24.3 Å². The number of hydrogen-bond acceptors (Lipinski definition) is 11. The van der Waals surface area contributed by atoms with Gasteiger partial charge in [-0.05, 0) is 126 Å². The van der Waals surface area contributed by atoms with Gasteiger partial charge in [0.15, 0.2) is 11.6 Å². The molecule has 4 aromatic carbocycles. The van der Waals surface area contributed by atoms with Gasteiger partial charge in [-0.25, -0.2) is 24.9 Å². The number of para-hydroxylation sites is 4. The summed E-state index contributed by atoms with van der Waals surface area (Å²) in [4.78, 5) is 57.4. The monoisotopic (exact) mass is 814 g/mol. The standard InChI is InChI=1S/C25H18N4O3.C24H16N4O2/c1-31-22-15-17(12-14-26-22)19-5-4-13-27-25(19)32-18-10-8-16(9-11-18)23(30)24-28-20-6-2-3-7-21(20)29-24;29-22(23-27-20-5-1-2-6-21(20)28-23)17-7-9-18(10-8-17)30-24-19(4-3-13-26-24)16-11-14-25-15-12-16/h2-15H,1H3,(H,28,29);1-15H,(H,27,28). The van der Waals surface area contributed by atoms with E-state index in [0.717, 1.165) is 44.3 Å². The van der Waals surface area contributed by atoms with Crippen LogP contribution in [0.5, 0.6) is 29.1 Å². The molecule has 0 radical (unpaired) electrons. The predicted octanol–water partition coefficient (Wildman–Crippen LogP) is 10.1. The zero-order chi connectivity index (χ0) is 42.3. The van der Waals surface area contributed by atoms with Gasteiger partial charge < -0.3 is 24.2 Å². The first-order valence-corrected chi connectivity index (χ1v) is 19.3. The lowest BCUT2D eigenvalue weighted by atomic mass is 10.1. The fourth-order valence-corrected chi connectivity index (χ4v) is 6.57. The number of pyridine rings is 4. The van der Waals surface area contributed by atoms with Crippen LogP contribution in [0.25, 0.3) is 44.3 Å². The number of ether oxygens (including phenoxy) is 3. The van der Waals surface area contributed by atoms with Gasteiger partial charge >= 0.3 is 0 Å². The van der Waals surface area contributed by atoms with Crippen LogP contribution in [0, 0.1) is 0 Å². The number of methoxy groups -OCH3 is 1. The number of hydrogen-bond donors (Lipinski definition) is 2. The molecule has 62 heavy (non-hydrogen) atoms. The maximum absolute atomic E-state index is 12.8. The summed E-state index contributed by atoms with van der Waals surface area (Å²) in [7, 11) is 1.57. The number of H-pyrrole nitrogens is 2. The lowest BCUT2D eigenvalue weighted by Gasteiger charge is -2.11. The minimum absolute atomic E-state index is 0.173. The Morgan fingerprint density at radius 1 is 0.484 bits per heavy atom. The topological polar surface area (TPSA) is 171 Å². The Balaban J connectivity index is 0.000000158. The summed E-state index contributed by atoms with van der Waals surface area (Å²) in [5, 5.41) is 0. The molecule has 6 aromatic heterocycles. The molecule has 0 aliphatic rings. The van der Waals surface area contributed by atoms with Crippen LogP contribution in [0.1, 0.15) is 32.4 Å². The van der Waals surface area contributed by atoms with E-state index in [0.29, 0.717) is 51.9 Å². The third kappa shape index (κ3) is 8.49. The van der Waals surface area contributed by atoms with E-state index in [1.165, 1.54) is 0 Å². The minimum Gasteiger partial charge on any atom is -0.481 e. The van der Waals surface area contributed by atoms with Crippen LogP contribution < -0.4 is 14.2 Å². The first-order chi connectivity index (χ1) is 30.5. The van der Waals surface area contributed by atoms with Crippen LogP contribution >= 0.6 is 0 Å². The number of benzene rings is 4. The summed E-state index contributed by atoms with van der Waals surface area (Å²) in [6.07, 6.45) is 8.47. The molecule has 0 unspecified atom stereocenters. The molecule has 0 aliphatic heterocycles. The highest BCUT2D eigenvalue weighted by molar-refractivity contribution is 6.08. The van der Waals surface area contributed by atoms with Crippen LogP contribution in [0.4, 0.5) is 0 Å². The number of carbonyl (C=O) groups is 2. The summed E-state index contributed by atoms with van der Waals surface area (Å²) in [6.45, 7) is 0. The molecule has 0 spiro atoms. The molecule has 13 nitrogen and oxygen atoms in total. The Hall–Kier alpha value is -8.84. The van der Waals surface area contributed by atoms with E-state index < -0.39 is 0 Å². The van der Waals surface area contributed by atoms with Gasteiger partial charge in [0.1, 0.15) is 11.5 Å². The number of nitrogens with zero attached hydrogens (tertiary/aromatic N) is 6. The van der Waals surface area contributed by atoms with Crippen molar-refractivity contribution in [2.75, 3.05) is 7.11 Å². The van der Waals surface area contributed by atoms with E-state index in [1.807, 2.05) is 97.1 Å². The highest BCUT2D eigenvalue weighted by Gasteiger charge is 2.17. The normalized spacial score (nSPS) is 10.8. The maximum atomic E-state index is 12.8. The number of rotatable bonds is 11. The predicted molar refractivity (Wildman–Crippen MR) is 234 cm³/mol. The SMILES string of the molecule is COc1cc(-c2cccnc2Oc2ccc(C(=O)c3nc4ccccc4[nH]3)cc2)ccn1.O=C(c1ccc(Oc2ncccc2-c2ccncc2)cc1)c1nc2ccccc2[nH]1. The first-order valence-electron chi connectivity index (χ1n) is 19.3. The average molecular weight is 815 g/mol. The molecule has 2 N–H and O–H groups in total. The number of carbonyl (C=O) groups excluding carboxylic acids is 2. The van der Waals surface area contributed by atoms with Crippen molar-refractivity contribution in [2.24, 2.45) is 0 Å². The fraction of sp³-hybridized carbons (Fsp3) is 0.0204. The Bertz CT molecular complexity index is 3100. The number of aromatic amines is 2. The third-order valence-electron chi connectivity index (χ3n) is 9.66. The molecule has 0 fully saturated rings. The Morgan fingerprint density at radius 3 is 1.47 bits per heavy atom. The third-order valence-corrected chi connectivity index (χ3v) is 9.66. The molecule has 0 saturated heterocycles. The van der Waals surface area contributed by atoms with Crippen molar-refractivity contribution in [2.45, 2.75) is 0 Å². The van der Waals surface area contributed by atoms with E-state index in [9.17, 15) is 9.59 Å². The number of fused-ring (bicyclic) bond motifs is 2. The number of ketones is 2. The van der Waals surface area contributed by atoms with E-state index in [1.54, 1.807) is 86.6 Å². The zero-order valence-electron chi connectivity index (χ0n) is 33.0. The Kier molecular flexibility index (Phi) is 11.0. The van der Waals surface area contributed by atoms with Crippen LogP contribution in [-0.4, -0.2) is 58.5 Å². The summed E-state index contributed by atoms with van der Waals surface area (Å²) < 4.78 is 17.2. The van der Waals surface area contributed by atoms with Crippen molar-refractivity contribution in [3.05, 3.63) is 199 Å². The number of aromatic nitrogens is 8. The highest BCUT2D eigenvalue weighted by Crippen LogP contribution is 2.33. The van der Waals surface area contributed by atoms with Gasteiger partial charge in [-0.3, -0.25) is 14.6 Å². The summed E-state index contributed by atoms with van der Waals surface area (Å²) in [5.74, 6) is 2.84. The van der Waals surface area contributed by atoms with Crippen molar-refractivity contribution in [3.63, 3.8) is 0 Å². The van der Waals surface area contributed by atoms with Gasteiger partial charge in [0, 0.05) is 59.3 Å². The maximum Gasteiger partial charge on any atom is 0.228 e. The average Bonchev–Trinajstić information content (AvgIpc) is 3.98. The molecule has 0 atom stereocenters. The quantitative estimate of drug-likeness (QED) is 0.119. The van der Waals surface area contributed by atoms with Crippen LogP contribution in [0.3, 0.4) is 0 Å². The second kappa shape index (κ2) is 17.6. The lowest BCUT2D eigenvalue weighted by molar-refractivity contribution is 0.102. The molecular weight excluding hydrogens is 781 g/mol. The van der Waals surface area contributed by atoms with E-state index in [-0.39, 0.29) is 11.6 Å². The fourth-order valence-electron chi connectivity index (χ4n) is 6.57. The van der Waals surface area contributed by atoms with Crippen LogP contribution in [0.15, 0.2) is 177 Å². The van der Waals surface area contributed by atoms with Gasteiger partial charge in [0.05, 0.1) is 29.2 Å². The molecule has 0 amide bonds. The molecule has 0 bridgehead atoms. The molecular formula is C49H34N8O5. The minimum atomic E-state index is -0.185. The number of nitrogens with one attached hydrogen (secondary N) is 2. The molecule has 0 saturated carbocycles. The Morgan fingerprint density at radius 2 is 0.968 bits per heavy atom. The van der Waals surface area contributed by atoms with Crippen molar-refractivity contribution in [1.29, 1.82) is 0 Å². The second-order valence-corrected chi connectivity index (χ2v) is 13.7. The van der Waals surface area contributed by atoms with Crippen molar-refractivity contribution >= 4 is 33.6 Å². The Labute approximate surface area is 354 Å². The molecule has 10 rings (SSSR count). The molecule has 6 heterocycles. The van der Waals surface area contributed by atoms with Crippen LogP contribution in [0.2, 0.25) is 0 Å². The highest BCUT2D eigenvalue weighted by atomic mass is 16.5. The molecule has 0 aliphatic carbocycles. The zero-order valence-corrected chi connectivity index (χ0v) is 33.0. The van der Waals surface area contributed by atoms with E-state index in [4.69, 9.17) is 14.2 Å². The van der Waals surface area contributed by atoms with Gasteiger partial charge in [-0.2, -0.15) is 0 Å². The van der Waals surface area contributed by atoms with Gasteiger partial charge in [0.25, 0.3) is 0 Å². The lowest BCUT2D eigenvalue weighted by Crippen LogP contribution is -2.03. The van der Waals surface area contributed by atoms with Crippen molar-refractivity contribution in [1.82, 2.24) is 39.9 Å². The molecule has 300 valence electrons. The summed E-state index contributed by atoms with van der Waals surface area (Å²) >= 11 is 0. The first kappa shape index (κ1) is 38.7. The smallest absolute Gasteiger partial charge is 0.228 e. The van der Waals surface area contributed by atoms with Gasteiger partial charge in [-0.15, -0.1) is 0 Å². The van der Waals surface area contributed by atoms with Gasteiger partial charge in [0.2, 0.25) is 29.2 Å². The summed E-state index contributed by atoms with van der Waals surface area (Å²) in [5.41, 5.74) is 7.71. The van der Waals surface area contributed by atoms with E-state index >= 15 is 0 Å². The molecule has 13 heteroatoms. The second-order valence-electron chi connectivity index (χ2n) is 13.7. The number of imidazole rings is 2. The molecule has 10 aromatic rings. The van der Waals surface area contributed by atoms with Crippen molar-refractivity contribution < 1.29 is 23.8 Å². The van der Waals surface area contributed by atoms with E-state index in [2.05, 4.69) is 39.9 Å².